The smallest absolute Gasteiger partial charge is 0.339 e. The van der Waals surface area contributed by atoms with Gasteiger partial charge in [0.1, 0.15) is 29.2 Å². The molecule has 0 bridgehead atoms. The molecule has 4 rings (SSSR count). The third-order valence-corrected chi connectivity index (χ3v) is 6.44. The normalized spacial score (nSPS) is 12.1. The van der Waals surface area contributed by atoms with E-state index in [0.717, 1.165) is 16.9 Å². The number of hydrogen-bond acceptors (Lipinski definition) is 5. The summed E-state index contributed by atoms with van der Waals surface area (Å²) >= 11 is 0. The maximum Gasteiger partial charge on any atom is 0.339 e. The molecule has 4 aromatic rings. The lowest BCUT2D eigenvalue weighted by molar-refractivity contribution is 0.0696. The van der Waals surface area contributed by atoms with E-state index in [4.69, 9.17) is 4.74 Å². The number of aromatic carboxylic acids is 1. The van der Waals surface area contributed by atoms with E-state index in [1.807, 2.05) is 24.3 Å². The van der Waals surface area contributed by atoms with Gasteiger partial charge < -0.3 is 14.4 Å². The van der Waals surface area contributed by atoms with E-state index in [2.05, 4.69) is 39.8 Å². The van der Waals surface area contributed by atoms with Crippen molar-refractivity contribution in [3.05, 3.63) is 42.2 Å². The predicted molar refractivity (Wildman–Crippen MR) is 114 cm³/mol. The Balaban J connectivity index is 1.69. The zero-order valence-corrected chi connectivity index (χ0v) is 17.6. The highest BCUT2D eigenvalue weighted by Gasteiger charge is 2.20. The number of carboxylic acid groups (broad SMARTS) is 1. The molecule has 9 heteroatoms. The maximum atomic E-state index is 11.8. The molecule has 0 aliphatic rings. The molecule has 0 saturated carbocycles. The molecule has 0 fully saturated rings. The number of fused-ring (bicyclic) bond motifs is 2. The lowest BCUT2D eigenvalue weighted by Crippen LogP contribution is -2.22. The Kier molecular flexibility index (Phi) is 4.93. The molecule has 0 spiro atoms. The largest absolute Gasteiger partial charge is 0.478 e. The molecule has 2 N–H and O–H groups in total. The average Bonchev–Trinajstić information content (AvgIpc) is 3.26. The molecule has 0 atom stereocenters. The number of ether oxygens (including phenoxy) is 1. The van der Waals surface area contributed by atoms with Crippen LogP contribution < -0.4 is 0 Å². The lowest BCUT2D eigenvalue weighted by atomic mass is 10.2. The molecule has 0 radical (unpaired) electrons. The summed E-state index contributed by atoms with van der Waals surface area (Å²) in [5.74, 6) is -1.05. The van der Waals surface area contributed by atoms with Crippen LogP contribution in [-0.4, -0.2) is 50.5 Å². The van der Waals surface area contributed by atoms with Crippen molar-refractivity contribution in [2.75, 3.05) is 6.61 Å². The molecule has 0 saturated heterocycles. The Hall–Kier alpha value is -3.04. The molecule has 3 heterocycles. The molecule has 0 unspecified atom stereocenters. The highest BCUT2D eigenvalue weighted by atomic mass is 28.3. The van der Waals surface area contributed by atoms with Gasteiger partial charge in [0.25, 0.3) is 0 Å². The number of nitrogens with one attached hydrogen (secondary N) is 1. The van der Waals surface area contributed by atoms with Crippen LogP contribution in [-0.2, 0) is 11.5 Å². The quantitative estimate of drug-likeness (QED) is 0.353. The molecule has 8 nitrogen and oxygen atoms in total. The van der Waals surface area contributed by atoms with Crippen molar-refractivity contribution in [1.29, 1.82) is 0 Å². The number of aromatic nitrogens is 5. The summed E-state index contributed by atoms with van der Waals surface area (Å²) in [6.45, 7) is 7.75. The fourth-order valence-corrected chi connectivity index (χ4v) is 3.88. The van der Waals surface area contributed by atoms with Crippen molar-refractivity contribution in [2.45, 2.75) is 32.4 Å². The van der Waals surface area contributed by atoms with Crippen LogP contribution >= 0.6 is 0 Å². The number of carbonyl (C=O) groups is 1. The van der Waals surface area contributed by atoms with Crippen LogP contribution in [0.25, 0.3) is 33.5 Å². The van der Waals surface area contributed by atoms with E-state index < -0.39 is 14.0 Å². The molecule has 3 aromatic heterocycles. The van der Waals surface area contributed by atoms with Crippen molar-refractivity contribution in [3.8, 4) is 11.4 Å². The molecule has 0 aliphatic heterocycles. The van der Waals surface area contributed by atoms with Gasteiger partial charge in [-0.3, -0.25) is 5.10 Å². The van der Waals surface area contributed by atoms with Crippen LogP contribution in [0.15, 0.2) is 36.7 Å². The van der Waals surface area contributed by atoms with Gasteiger partial charge in [0.2, 0.25) is 0 Å². The predicted octanol–water partition coefficient (Wildman–Crippen LogP) is 3.99. The van der Waals surface area contributed by atoms with Crippen LogP contribution in [0.4, 0.5) is 0 Å². The van der Waals surface area contributed by atoms with Gasteiger partial charge in [0.15, 0.2) is 5.65 Å². The van der Waals surface area contributed by atoms with Gasteiger partial charge >= 0.3 is 5.97 Å². The van der Waals surface area contributed by atoms with E-state index in [1.54, 1.807) is 10.8 Å². The summed E-state index contributed by atoms with van der Waals surface area (Å²) < 4.78 is 7.47. The van der Waals surface area contributed by atoms with E-state index in [1.165, 1.54) is 6.20 Å². The number of H-pyrrole nitrogens is 1. The summed E-state index contributed by atoms with van der Waals surface area (Å²) in [4.78, 5) is 20.8. The van der Waals surface area contributed by atoms with Crippen molar-refractivity contribution in [3.63, 3.8) is 0 Å². The van der Waals surface area contributed by atoms with E-state index >= 15 is 0 Å². The van der Waals surface area contributed by atoms with Crippen LogP contribution in [0.2, 0.25) is 25.7 Å². The van der Waals surface area contributed by atoms with E-state index in [-0.39, 0.29) is 12.3 Å². The molecular weight excluding hydrogens is 386 g/mol. The van der Waals surface area contributed by atoms with Crippen LogP contribution in [0.5, 0.6) is 0 Å². The van der Waals surface area contributed by atoms with Gasteiger partial charge in [0, 0.05) is 26.3 Å². The molecule has 1 aromatic carbocycles. The van der Waals surface area contributed by atoms with E-state index in [9.17, 15) is 9.90 Å². The maximum absolute atomic E-state index is 11.8. The van der Waals surface area contributed by atoms with Crippen molar-refractivity contribution in [1.82, 2.24) is 24.7 Å². The number of benzene rings is 1. The van der Waals surface area contributed by atoms with Crippen LogP contribution in [0, 0.1) is 0 Å². The van der Waals surface area contributed by atoms with Crippen molar-refractivity contribution < 1.29 is 14.6 Å². The summed E-state index contributed by atoms with van der Waals surface area (Å²) in [6.07, 6.45) is 3.16. The molecule has 150 valence electrons. The highest BCUT2D eigenvalue weighted by Crippen LogP contribution is 2.27. The summed E-state index contributed by atoms with van der Waals surface area (Å²) in [5.41, 5.74) is 2.97. The second kappa shape index (κ2) is 7.41. The van der Waals surface area contributed by atoms with Gasteiger partial charge in [-0.15, -0.1) is 0 Å². The Morgan fingerprint density at radius 3 is 2.83 bits per heavy atom. The number of carboxylic acids is 1. The fraction of sp³-hybridized carbons (Fsp3) is 0.300. The topological polar surface area (TPSA) is 106 Å². The summed E-state index contributed by atoms with van der Waals surface area (Å²) in [7, 11) is -1.19. The third kappa shape index (κ3) is 3.92. The number of para-hydroxylation sites is 1. The minimum absolute atomic E-state index is 0.1000. The molecule has 29 heavy (non-hydrogen) atoms. The Morgan fingerprint density at radius 2 is 2.07 bits per heavy atom. The van der Waals surface area contributed by atoms with Crippen LogP contribution in [0.1, 0.15) is 10.4 Å². The van der Waals surface area contributed by atoms with Crippen LogP contribution in [0.3, 0.4) is 0 Å². The minimum Gasteiger partial charge on any atom is -0.478 e. The van der Waals surface area contributed by atoms with Gasteiger partial charge in [0.05, 0.1) is 11.7 Å². The number of rotatable bonds is 7. The van der Waals surface area contributed by atoms with Crippen molar-refractivity contribution >= 4 is 36.1 Å². The fourth-order valence-electron chi connectivity index (χ4n) is 3.12. The first-order valence-electron chi connectivity index (χ1n) is 9.44. The monoisotopic (exact) mass is 409 g/mol. The Labute approximate surface area is 168 Å². The second-order valence-corrected chi connectivity index (χ2v) is 13.8. The summed E-state index contributed by atoms with van der Waals surface area (Å²) in [5, 5.41) is 17.8. The van der Waals surface area contributed by atoms with Crippen molar-refractivity contribution in [2.24, 2.45) is 0 Å². The van der Waals surface area contributed by atoms with Gasteiger partial charge in [-0.25, -0.2) is 14.8 Å². The number of hydrogen-bond donors (Lipinski definition) is 2. The number of aromatic amines is 1. The molecule has 0 aliphatic carbocycles. The molecular formula is C20H23N5O3Si. The van der Waals surface area contributed by atoms with Gasteiger partial charge in [-0.1, -0.05) is 37.8 Å². The van der Waals surface area contributed by atoms with Gasteiger partial charge in [-0.2, -0.15) is 5.10 Å². The highest BCUT2D eigenvalue weighted by molar-refractivity contribution is 6.76. The van der Waals surface area contributed by atoms with Gasteiger partial charge in [-0.05, 0) is 12.1 Å². The summed E-state index contributed by atoms with van der Waals surface area (Å²) in [6, 6.07) is 8.75. The first-order valence-corrected chi connectivity index (χ1v) is 13.1. The first kappa shape index (κ1) is 19.3. The first-order chi connectivity index (χ1) is 13.8. The SMILES string of the molecule is C[Si](C)(C)CCOCn1cc(C(=O)O)c2nc(-c3n[nH]c4ccccc34)cnc21. The lowest BCUT2D eigenvalue weighted by Gasteiger charge is -2.15. The average molecular weight is 410 g/mol. The second-order valence-electron chi connectivity index (χ2n) is 8.21. The van der Waals surface area contributed by atoms with E-state index in [0.29, 0.717) is 29.2 Å². The Bertz CT molecular complexity index is 1190. The third-order valence-electron chi connectivity index (χ3n) is 4.74. The minimum atomic E-state index is -1.19. The zero-order chi connectivity index (χ0) is 20.6. The Morgan fingerprint density at radius 1 is 1.28 bits per heavy atom. The number of nitrogens with zero attached hydrogens (tertiary/aromatic N) is 4. The zero-order valence-electron chi connectivity index (χ0n) is 16.6. The standard InChI is InChI=1S/C20H23N5O3Si/c1-29(2,3)9-8-28-12-25-11-14(20(26)27)18-19(25)21-10-16(22-18)17-13-6-4-5-7-15(13)23-24-17/h4-7,10-11H,8-9,12H2,1-3H3,(H,23,24)(H,26,27). The molecule has 0 amide bonds.